The number of rotatable bonds is 1. The fraction of sp³-hybridized carbons (Fsp3) is 0.407. The molecule has 0 amide bonds. The highest BCUT2D eigenvalue weighted by Gasteiger charge is 2.44. The molecule has 0 unspecified atom stereocenters. The van der Waals surface area contributed by atoms with Gasteiger partial charge in [0.15, 0.2) is 6.29 Å². The number of benzene rings is 2. The number of fused-ring (bicyclic) bond motifs is 2. The molecule has 35 heavy (non-hydrogen) atoms. The van der Waals surface area contributed by atoms with Crippen molar-refractivity contribution >= 4 is 38.7 Å². The number of likely N-dealkylation sites (tertiary alicyclic amines) is 1. The van der Waals surface area contributed by atoms with Crippen molar-refractivity contribution in [2.45, 2.75) is 46.3 Å². The minimum absolute atomic E-state index is 0.267. The number of nitrogens with two attached hydrogens (primary N) is 2. The number of nitrogens with zero attached hydrogens (tertiary/aromatic N) is 1. The maximum absolute atomic E-state index is 11.9. The molecule has 0 saturated carbocycles. The van der Waals surface area contributed by atoms with Crippen LogP contribution in [0.3, 0.4) is 0 Å². The van der Waals surface area contributed by atoms with Gasteiger partial charge in [-0.25, -0.2) is 4.79 Å². The third-order valence-corrected chi connectivity index (χ3v) is 6.23. The second-order valence-electron chi connectivity index (χ2n) is 7.20. The third kappa shape index (κ3) is 7.52. The van der Waals surface area contributed by atoms with E-state index < -0.39 is 5.79 Å². The van der Waals surface area contributed by atoms with E-state index in [1.165, 1.54) is 18.4 Å². The lowest BCUT2D eigenvalue weighted by Crippen LogP contribution is -2.51. The number of esters is 1. The highest BCUT2D eigenvalue weighted by molar-refractivity contribution is 7.23. The van der Waals surface area contributed by atoms with Crippen LogP contribution in [0.1, 0.15) is 61.3 Å². The van der Waals surface area contributed by atoms with Crippen molar-refractivity contribution in [3.63, 3.8) is 0 Å². The molecule has 1 saturated heterocycles. The van der Waals surface area contributed by atoms with Gasteiger partial charge in [0.1, 0.15) is 11.3 Å². The van der Waals surface area contributed by atoms with Gasteiger partial charge in [0.25, 0.3) is 5.79 Å². The normalized spacial score (nSPS) is 15.1. The molecule has 2 aliphatic heterocycles. The number of piperidine rings is 1. The number of anilines is 1. The Labute approximate surface area is 213 Å². The first-order valence-electron chi connectivity index (χ1n) is 12.0. The van der Waals surface area contributed by atoms with Crippen molar-refractivity contribution < 1.29 is 19.1 Å². The zero-order valence-corrected chi connectivity index (χ0v) is 22.5. The number of ether oxygens (including phenoxy) is 2. The molecule has 2 aromatic carbocycles. The van der Waals surface area contributed by atoms with E-state index in [4.69, 9.17) is 15.2 Å². The van der Waals surface area contributed by atoms with Crippen molar-refractivity contribution in [3.05, 3.63) is 59.7 Å². The predicted octanol–water partition coefficient (Wildman–Crippen LogP) is 5.58. The van der Waals surface area contributed by atoms with Crippen LogP contribution in [0, 0.1) is 0 Å². The molecule has 7 nitrogen and oxygen atoms in total. The number of nitrogen functional groups attached to an aromatic ring is 1. The maximum Gasteiger partial charge on any atom is 0.345 e. The molecule has 0 radical (unpaired) electrons. The van der Waals surface area contributed by atoms with Crippen molar-refractivity contribution in [1.29, 1.82) is 0 Å². The molecule has 1 fully saturated rings. The number of hydrogen-bond donors (Lipinski definition) is 2. The summed E-state index contributed by atoms with van der Waals surface area (Å²) in [6, 6.07) is 15.0. The van der Waals surface area contributed by atoms with Crippen LogP contribution in [-0.2, 0) is 4.74 Å². The van der Waals surface area contributed by atoms with E-state index in [9.17, 15) is 9.59 Å². The molecular formula is C27H39N3O4S. The lowest BCUT2D eigenvalue weighted by Gasteiger charge is -2.42. The SMILES string of the molecule is CC.CC.CN.CN1CCC2(CC1)OC(=O)c1ccccc1O2.Nc1sc2ccccc2c1C=O. The monoisotopic (exact) mass is 501 g/mol. The summed E-state index contributed by atoms with van der Waals surface area (Å²) >= 11 is 1.45. The van der Waals surface area contributed by atoms with Crippen LogP contribution in [-0.4, -0.2) is 50.1 Å². The lowest BCUT2D eigenvalue weighted by molar-refractivity contribution is -0.179. The summed E-state index contributed by atoms with van der Waals surface area (Å²) in [6.45, 7) is 9.77. The Kier molecular flexibility index (Phi) is 13.0. The van der Waals surface area contributed by atoms with Crippen LogP contribution < -0.4 is 16.2 Å². The van der Waals surface area contributed by atoms with Gasteiger partial charge >= 0.3 is 5.97 Å². The van der Waals surface area contributed by atoms with Gasteiger partial charge in [-0.2, -0.15) is 0 Å². The largest absolute Gasteiger partial charge is 0.451 e. The van der Waals surface area contributed by atoms with Crippen LogP contribution >= 0.6 is 11.3 Å². The van der Waals surface area contributed by atoms with Gasteiger partial charge < -0.3 is 25.8 Å². The minimum atomic E-state index is -0.738. The standard InChI is InChI=1S/C13H15NO3.C9H7NOS.2C2H6.CH5N/c1-14-8-6-13(7-9-14)16-11-5-3-2-4-10(11)12(15)17-13;10-9-7(5-11)6-3-1-2-4-8(6)12-9;3*1-2/h2-5H,6-9H2,1H3;1-5H,10H2;2*1-2H3;2H2,1H3. The Morgan fingerprint density at radius 2 is 1.51 bits per heavy atom. The molecule has 0 aliphatic carbocycles. The second-order valence-corrected chi connectivity index (χ2v) is 8.28. The average molecular weight is 502 g/mol. The number of aldehydes is 1. The molecule has 5 rings (SSSR count). The van der Waals surface area contributed by atoms with E-state index in [2.05, 4.69) is 17.7 Å². The number of hydrogen-bond acceptors (Lipinski definition) is 8. The van der Waals surface area contributed by atoms with E-state index in [0.29, 0.717) is 21.9 Å². The van der Waals surface area contributed by atoms with Gasteiger partial charge in [-0.05, 0) is 32.3 Å². The molecule has 0 atom stereocenters. The summed E-state index contributed by atoms with van der Waals surface area (Å²) in [4.78, 5) is 24.8. The van der Waals surface area contributed by atoms with E-state index in [1.807, 2.05) is 70.2 Å². The molecule has 2 aliphatic rings. The number of thiophene rings is 1. The van der Waals surface area contributed by atoms with Crippen molar-refractivity contribution in [2.24, 2.45) is 5.73 Å². The summed E-state index contributed by atoms with van der Waals surface area (Å²) < 4.78 is 12.5. The molecule has 0 bridgehead atoms. The maximum atomic E-state index is 11.9. The van der Waals surface area contributed by atoms with Gasteiger partial charge in [0.2, 0.25) is 0 Å². The van der Waals surface area contributed by atoms with Gasteiger partial charge in [-0.15, -0.1) is 11.3 Å². The first-order chi connectivity index (χ1) is 17.0. The van der Waals surface area contributed by atoms with Gasteiger partial charge in [-0.1, -0.05) is 58.0 Å². The molecule has 192 valence electrons. The van der Waals surface area contributed by atoms with Crippen LogP contribution in [0.4, 0.5) is 5.00 Å². The summed E-state index contributed by atoms with van der Waals surface area (Å²) in [7, 11) is 3.56. The number of carbonyl (C=O) groups excluding carboxylic acids is 2. The van der Waals surface area contributed by atoms with Crippen LogP contribution in [0.15, 0.2) is 48.5 Å². The van der Waals surface area contributed by atoms with Gasteiger partial charge in [0, 0.05) is 36.0 Å². The highest BCUT2D eigenvalue weighted by atomic mass is 32.1. The van der Waals surface area contributed by atoms with Crippen LogP contribution in [0.2, 0.25) is 0 Å². The molecule has 3 heterocycles. The fourth-order valence-electron chi connectivity index (χ4n) is 3.54. The quantitative estimate of drug-likeness (QED) is 0.331. The Bertz CT molecular complexity index is 1060. The molecule has 8 heteroatoms. The first kappa shape index (κ1) is 30.1. The van der Waals surface area contributed by atoms with Gasteiger partial charge in [0.05, 0.1) is 10.6 Å². The summed E-state index contributed by atoms with van der Waals surface area (Å²) in [5, 5.41) is 1.56. The molecule has 3 aromatic rings. The lowest BCUT2D eigenvalue weighted by atomic mass is 10.0. The van der Waals surface area contributed by atoms with E-state index in [-0.39, 0.29) is 5.97 Å². The van der Waals surface area contributed by atoms with Crippen molar-refractivity contribution in [2.75, 3.05) is 32.9 Å². The zero-order valence-electron chi connectivity index (χ0n) is 21.7. The zero-order chi connectivity index (χ0) is 26.4. The summed E-state index contributed by atoms with van der Waals surface area (Å²) in [6.07, 6.45) is 2.27. The molecule has 4 N–H and O–H groups in total. The smallest absolute Gasteiger partial charge is 0.345 e. The Morgan fingerprint density at radius 3 is 2.14 bits per heavy atom. The number of carbonyl (C=O) groups is 2. The van der Waals surface area contributed by atoms with Crippen LogP contribution in [0.25, 0.3) is 10.1 Å². The fourth-order valence-corrected chi connectivity index (χ4v) is 4.48. The summed E-state index contributed by atoms with van der Waals surface area (Å²) in [5.74, 6) is -0.359. The van der Waals surface area contributed by atoms with Crippen LogP contribution in [0.5, 0.6) is 5.75 Å². The first-order valence-corrected chi connectivity index (χ1v) is 12.8. The summed E-state index contributed by atoms with van der Waals surface area (Å²) in [5.41, 5.74) is 11.3. The predicted molar refractivity (Wildman–Crippen MR) is 146 cm³/mol. The average Bonchev–Trinajstić information content (AvgIpc) is 3.25. The Hall–Kier alpha value is -2.94. The third-order valence-electron chi connectivity index (χ3n) is 5.21. The molecule has 1 aromatic heterocycles. The second kappa shape index (κ2) is 15.1. The van der Waals surface area contributed by atoms with Gasteiger partial charge in [-0.3, -0.25) is 4.79 Å². The number of para-hydroxylation sites is 1. The Balaban J connectivity index is 0.000000300. The topological polar surface area (TPSA) is 108 Å². The minimum Gasteiger partial charge on any atom is -0.451 e. The van der Waals surface area contributed by atoms with E-state index >= 15 is 0 Å². The molecule has 1 spiro atoms. The Morgan fingerprint density at radius 1 is 0.943 bits per heavy atom. The molecular weight excluding hydrogens is 462 g/mol. The van der Waals surface area contributed by atoms with E-state index in [0.717, 1.165) is 42.3 Å². The van der Waals surface area contributed by atoms with Crippen molar-refractivity contribution in [3.8, 4) is 5.75 Å². The van der Waals surface area contributed by atoms with E-state index in [1.54, 1.807) is 6.07 Å². The highest BCUT2D eigenvalue weighted by Crippen LogP contribution is 2.37. The van der Waals surface area contributed by atoms with Crippen molar-refractivity contribution in [1.82, 2.24) is 4.90 Å².